The molecule has 0 bridgehead atoms. The molecule has 6 nitrogen and oxygen atoms in total. The first-order valence-electron chi connectivity index (χ1n) is 7.08. The summed E-state index contributed by atoms with van der Waals surface area (Å²) in [4.78, 5) is 23.2. The molecule has 2 aromatic carbocycles. The van der Waals surface area contributed by atoms with Gasteiger partial charge in [0.25, 0.3) is 0 Å². The molecule has 0 unspecified atom stereocenters. The van der Waals surface area contributed by atoms with Gasteiger partial charge in [0.1, 0.15) is 11.5 Å². The van der Waals surface area contributed by atoms with E-state index in [9.17, 15) is 9.59 Å². The monoisotopic (exact) mass is 327 g/mol. The standard InChI is InChI=1S/C18H17NO5/c1-23-13-8-9-16(24-2)12(11-13)7-10-17(20)19-15-6-4-3-5-14(15)18(21)22/h3-11H,1-2H3,(H,19,20)(H,21,22). The Labute approximate surface area is 139 Å². The fourth-order valence-electron chi connectivity index (χ4n) is 2.09. The Kier molecular flexibility index (Phi) is 5.57. The lowest BCUT2D eigenvalue weighted by Gasteiger charge is -2.08. The summed E-state index contributed by atoms with van der Waals surface area (Å²) in [6.45, 7) is 0. The van der Waals surface area contributed by atoms with Crippen LogP contribution in [0.25, 0.3) is 6.08 Å². The first-order valence-corrected chi connectivity index (χ1v) is 7.08. The zero-order chi connectivity index (χ0) is 17.5. The molecule has 2 aromatic rings. The van der Waals surface area contributed by atoms with Crippen LogP contribution in [0, 0.1) is 0 Å². The second-order valence-electron chi connectivity index (χ2n) is 4.78. The molecule has 0 spiro atoms. The number of carboxylic acids is 1. The Morgan fingerprint density at radius 1 is 1.08 bits per heavy atom. The summed E-state index contributed by atoms with van der Waals surface area (Å²) in [7, 11) is 3.08. The van der Waals surface area contributed by atoms with Gasteiger partial charge >= 0.3 is 5.97 Å². The molecule has 2 N–H and O–H groups in total. The van der Waals surface area contributed by atoms with Gasteiger partial charge in [-0.05, 0) is 36.4 Å². The van der Waals surface area contributed by atoms with Gasteiger partial charge in [-0.1, -0.05) is 12.1 Å². The normalized spacial score (nSPS) is 10.4. The first kappa shape index (κ1) is 17.1. The van der Waals surface area contributed by atoms with E-state index in [1.807, 2.05) is 0 Å². The predicted octanol–water partition coefficient (Wildman–Crippen LogP) is 3.05. The SMILES string of the molecule is COc1ccc(OC)c(C=CC(=O)Nc2ccccc2C(=O)O)c1. The van der Waals surface area contributed by atoms with Crippen molar-refractivity contribution in [1.29, 1.82) is 0 Å². The van der Waals surface area contributed by atoms with Gasteiger partial charge < -0.3 is 19.9 Å². The van der Waals surface area contributed by atoms with Crippen molar-refractivity contribution in [2.45, 2.75) is 0 Å². The van der Waals surface area contributed by atoms with Crippen LogP contribution in [-0.2, 0) is 4.79 Å². The molecule has 124 valence electrons. The maximum Gasteiger partial charge on any atom is 0.337 e. The number of carboxylic acid groups (broad SMARTS) is 1. The molecule has 0 atom stereocenters. The van der Waals surface area contributed by atoms with E-state index in [4.69, 9.17) is 14.6 Å². The predicted molar refractivity (Wildman–Crippen MR) is 90.6 cm³/mol. The van der Waals surface area contributed by atoms with Crippen LogP contribution in [0.3, 0.4) is 0 Å². The highest BCUT2D eigenvalue weighted by Gasteiger charge is 2.10. The van der Waals surface area contributed by atoms with Crippen molar-refractivity contribution in [2.75, 3.05) is 19.5 Å². The summed E-state index contributed by atoms with van der Waals surface area (Å²) >= 11 is 0. The van der Waals surface area contributed by atoms with Crippen LogP contribution in [0.1, 0.15) is 15.9 Å². The highest BCUT2D eigenvalue weighted by molar-refractivity contribution is 6.06. The maximum atomic E-state index is 12.1. The van der Waals surface area contributed by atoms with Crippen LogP contribution in [-0.4, -0.2) is 31.2 Å². The Morgan fingerprint density at radius 2 is 1.83 bits per heavy atom. The van der Waals surface area contributed by atoms with Crippen molar-refractivity contribution in [2.24, 2.45) is 0 Å². The van der Waals surface area contributed by atoms with Crippen molar-refractivity contribution in [3.63, 3.8) is 0 Å². The molecule has 0 fully saturated rings. The number of para-hydroxylation sites is 1. The van der Waals surface area contributed by atoms with Crippen LogP contribution in [0.2, 0.25) is 0 Å². The average Bonchev–Trinajstić information content (AvgIpc) is 2.59. The van der Waals surface area contributed by atoms with Gasteiger partial charge in [0, 0.05) is 11.6 Å². The molecule has 0 aromatic heterocycles. The largest absolute Gasteiger partial charge is 0.497 e. The second-order valence-corrected chi connectivity index (χ2v) is 4.78. The number of aromatic carboxylic acids is 1. The number of methoxy groups -OCH3 is 2. The van der Waals surface area contributed by atoms with Gasteiger partial charge in [0.15, 0.2) is 0 Å². The minimum atomic E-state index is -1.11. The van der Waals surface area contributed by atoms with Crippen LogP contribution in [0.4, 0.5) is 5.69 Å². The van der Waals surface area contributed by atoms with E-state index in [0.717, 1.165) is 0 Å². The zero-order valence-electron chi connectivity index (χ0n) is 13.3. The van der Waals surface area contributed by atoms with Crippen LogP contribution >= 0.6 is 0 Å². The molecule has 0 saturated heterocycles. The molecule has 0 aliphatic carbocycles. The van der Waals surface area contributed by atoms with E-state index in [1.165, 1.54) is 25.3 Å². The Morgan fingerprint density at radius 3 is 2.50 bits per heavy atom. The summed E-state index contributed by atoms with van der Waals surface area (Å²) in [6.07, 6.45) is 2.87. The van der Waals surface area contributed by atoms with Crippen molar-refractivity contribution in [3.05, 3.63) is 59.7 Å². The topological polar surface area (TPSA) is 84.9 Å². The number of carbonyl (C=O) groups excluding carboxylic acids is 1. The maximum absolute atomic E-state index is 12.1. The van der Waals surface area contributed by atoms with Crippen LogP contribution in [0.15, 0.2) is 48.5 Å². The Hall–Kier alpha value is -3.28. The molecule has 0 saturated carbocycles. The number of benzene rings is 2. The number of hydrogen-bond acceptors (Lipinski definition) is 4. The number of carbonyl (C=O) groups is 2. The van der Waals surface area contributed by atoms with Crippen LogP contribution < -0.4 is 14.8 Å². The molecule has 2 rings (SSSR count). The molecule has 0 heterocycles. The highest BCUT2D eigenvalue weighted by Crippen LogP contribution is 2.25. The van der Waals surface area contributed by atoms with Gasteiger partial charge in [-0.2, -0.15) is 0 Å². The zero-order valence-corrected chi connectivity index (χ0v) is 13.3. The van der Waals surface area contributed by atoms with Crippen molar-refractivity contribution in [3.8, 4) is 11.5 Å². The molecule has 0 radical (unpaired) electrons. The highest BCUT2D eigenvalue weighted by atomic mass is 16.5. The Bertz CT molecular complexity index is 783. The minimum Gasteiger partial charge on any atom is -0.497 e. The number of nitrogens with one attached hydrogen (secondary N) is 1. The third-order valence-electron chi connectivity index (χ3n) is 3.27. The molecule has 6 heteroatoms. The van der Waals surface area contributed by atoms with E-state index in [-0.39, 0.29) is 11.3 Å². The van der Waals surface area contributed by atoms with Crippen molar-refractivity contribution >= 4 is 23.6 Å². The van der Waals surface area contributed by atoms with E-state index >= 15 is 0 Å². The van der Waals surface area contributed by atoms with Gasteiger partial charge in [-0.15, -0.1) is 0 Å². The molecular weight excluding hydrogens is 310 g/mol. The third-order valence-corrected chi connectivity index (χ3v) is 3.27. The summed E-state index contributed by atoms with van der Waals surface area (Å²) in [5, 5.41) is 11.7. The molecule has 0 aliphatic heterocycles. The second kappa shape index (κ2) is 7.82. The third kappa shape index (κ3) is 4.13. The number of rotatable bonds is 6. The molecule has 24 heavy (non-hydrogen) atoms. The van der Waals surface area contributed by atoms with Crippen LogP contribution in [0.5, 0.6) is 11.5 Å². The number of amides is 1. The van der Waals surface area contributed by atoms with Gasteiger partial charge in [-0.3, -0.25) is 4.79 Å². The lowest BCUT2D eigenvalue weighted by Crippen LogP contribution is -2.11. The molecule has 1 amide bonds. The minimum absolute atomic E-state index is 0.0261. The Balaban J connectivity index is 2.18. The summed E-state index contributed by atoms with van der Waals surface area (Å²) in [5.41, 5.74) is 0.925. The fraction of sp³-hybridized carbons (Fsp3) is 0.111. The lowest BCUT2D eigenvalue weighted by atomic mass is 10.1. The summed E-state index contributed by atoms with van der Waals surface area (Å²) < 4.78 is 10.4. The fourth-order valence-corrected chi connectivity index (χ4v) is 2.09. The lowest BCUT2D eigenvalue weighted by molar-refractivity contribution is -0.111. The molecule has 0 aliphatic rings. The van der Waals surface area contributed by atoms with E-state index < -0.39 is 11.9 Å². The van der Waals surface area contributed by atoms with E-state index in [0.29, 0.717) is 17.1 Å². The smallest absolute Gasteiger partial charge is 0.337 e. The number of hydrogen-bond donors (Lipinski definition) is 2. The van der Waals surface area contributed by atoms with Gasteiger partial charge in [-0.25, -0.2) is 4.79 Å². The summed E-state index contributed by atoms with van der Waals surface area (Å²) in [5.74, 6) is -0.337. The van der Waals surface area contributed by atoms with E-state index in [1.54, 1.807) is 43.5 Å². The summed E-state index contributed by atoms with van der Waals surface area (Å²) in [6, 6.07) is 11.4. The van der Waals surface area contributed by atoms with E-state index in [2.05, 4.69) is 5.32 Å². The van der Waals surface area contributed by atoms with Crippen molar-refractivity contribution in [1.82, 2.24) is 0 Å². The molecular formula is C18H17NO5. The number of anilines is 1. The van der Waals surface area contributed by atoms with Crippen molar-refractivity contribution < 1.29 is 24.2 Å². The first-order chi connectivity index (χ1) is 11.5. The van der Waals surface area contributed by atoms with Gasteiger partial charge in [0.2, 0.25) is 5.91 Å². The number of ether oxygens (including phenoxy) is 2. The average molecular weight is 327 g/mol. The quantitative estimate of drug-likeness (QED) is 0.797. The van der Waals surface area contributed by atoms with Gasteiger partial charge in [0.05, 0.1) is 25.5 Å².